The predicted octanol–water partition coefficient (Wildman–Crippen LogP) is 2.94. The van der Waals surface area contributed by atoms with Crippen molar-refractivity contribution in [2.45, 2.75) is 50.7 Å². The molecule has 0 amide bonds. The first kappa shape index (κ1) is 15.3. The molecule has 4 heteroatoms. The Morgan fingerprint density at radius 3 is 2.65 bits per heavy atom. The van der Waals surface area contributed by atoms with Crippen molar-refractivity contribution in [2.24, 2.45) is 5.84 Å². The average molecular weight is 278 g/mol. The van der Waals surface area contributed by atoms with E-state index in [-0.39, 0.29) is 11.6 Å². The fourth-order valence-corrected chi connectivity index (χ4v) is 3.33. The maximum Gasteiger partial charge on any atom is 0.119 e. The number of hydrazine groups is 1. The van der Waals surface area contributed by atoms with Gasteiger partial charge < -0.3 is 9.47 Å². The molecule has 0 aromatic heterocycles. The van der Waals surface area contributed by atoms with Crippen molar-refractivity contribution in [1.29, 1.82) is 0 Å². The lowest BCUT2D eigenvalue weighted by Crippen LogP contribution is -2.49. The molecule has 0 spiro atoms. The number of methoxy groups -OCH3 is 1. The van der Waals surface area contributed by atoms with Gasteiger partial charge in [0.2, 0.25) is 0 Å². The first-order valence-electron chi connectivity index (χ1n) is 7.50. The monoisotopic (exact) mass is 278 g/mol. The van der Waals surface area contributed by atoms with Gasteiger partial charge in [-0.25, -0.2) is 0 Å². The summed E-state index contributed by atoms with van der Waals surface area (Å²) in [5.41, 5.74) is 3.91. The largest absolute Gasteiger partial charge is 0.497 e. The van der Waals surface area contributed by atoms with E-state index in [9.17, 15) is 0 Å². The second-order valence-electron chi connectivity index (χ2n) is 5.43. The van der Waals surface area contributed by atoms with Gasteiger partial charge in [-0.05, 0) is 37.5 Å². The number of nitrogens with two attached hydrogens (primary N) is 1. The molecule has 0 radical (unpaired) electrons. The van der Waals surface area contributed by atoms with Crippen molar-refractivity contribution >= 4 is 0 Å². The van der Waals surface area contributed by atoms with Gasteiger partial charge in [-0.3, -0.25) is 11.3 Å². The minimum atomic E-state index is -0.200. The van der Waals surface area contributed by atoms with Crippen molar-refractivity contribution in [3.05, 3.63) is 29.8 Å². The zero-order valence-corrected chi connectivity index (χ0v) is 12.5. The Bertz CT molecular complexity index is 411. The zero-order valence-electron chi connectivity index (χ0n) is 12.5. The van der Waals surface area contributed by atoms with Crippen molar-refractivity contribution in [2.75, 3.05) is 13.7 Å². The van der Waals surface area contributed by atoms with Crippen LogP contribution in [0.25, 0.3) is 0 Å². The van der Waals surface area contributed by atoms with Crippen LogP contribution < -0.4 is 16.0 Å². The highest BCUT2D eigenvalue weighted by molar-refractivity contribution is 5.32. The summed E-state index contributed by atoms with van der Waals surface area (Å²) in [6.45, 7) is 2.76. The van der Waals surface area contributed by atoms with E-state index in [4.69, 9.17) is 15.3 Å². The molecule has 1 aromatic carbocycles. The summed E-state index contributed by atoms with van der Waals surface area (Å²) in [5.74, 6) is 6.72. The van der Waals surface area contributed by atoms with E-state index < -0.39 is 0 Å². The lowest BCUT2D eigenvalue weighted by molar-refractivity contribution is -0.0913. The molecule has 20 heavy (non-hydrogen) atoms. The summed E-state index contributed by atoms with van der Waals surface area (Å²) in [7, 11) is 1.68. The Hall–Kier alpha value is -1.10. The minimum absolute atomic E-state index is 0.00199. The molecule has 0 bridgehead atoms. The van der Waals surface area contributed by atoms with Gasteiger partial charge in [0, 0.05) is 6.61 Å². The quantitative estimate of drug-likeness (QED) is 0.620. The predicted molar refractivity (Wildman–Crippen MR) is 80.5 cm³/mol. The van der Waals surface area contributed by atoms with Crippen LogP contribution in [0.15, 0.2) is 24.3 Å². The Balaban J connectivity index is 2.31. The second kappa shape index (κ2) is 7.07. The molecule has 2 rings (SSSR count). The van der Waals surface area contributed by atoms with Gasteiger partial charge in [-0.2, -0.15) is 0 Å². The highest BCUT2D eigenvalue weighted by atomic mass is 16.5. The molecular formula is C16H26N2O2. The molecule has 0 saturated heterocycles. The molecule has 1 atom stereocenters. The summed E-state index contributed by atoms with van der Waals surface area (Å²) in [6, 6.07) is 8.08. The van der Waals surface area contributed by atoms with Gasteiger partial charge >= 0.3 is 0 Å². The topological polar surface area (TPSA) is 56.5 Å². The van der Waals surface area contributed by atoms with Crippen LogP contribution >= 0.6 is 0 Å². The molecule has 1 fully saturated rings. The highest BCUT2D eigenvalue weighted by Crippen LogP contribution is 2.41. The highest BCUT2D eigenvalue weighted by Gasteiger charge is 2.41. The third kappa shape index (κ3) is 3.14. The maximum atomic E-state index is 6.17. The van der Waals surface area contributed by atoms with Crippen LogP contribution in [0.5, 0.6) is 5.75 Å². The summed E-state index contributed by atoms with van der Waals surface area (Å²) in [5, 5.41) is 0. The molecule has 4 nitrogen and oxygen atoms in total. The second-order valence-corrected chi connectivity index (χ2v) is 5.43. The molecule has 1 saturated carbocycles. The van der Waals surface area contributed by atoms with E-state index in [1.807, 2.05) is 18.2 Å². The van der Waals surface area contributed by atoms with E-state index in [0.29, 0.717) is 6.61 Å². The van der Waals surface area contributed by atoms with Gasteiger partial charge in [0.25, 0.3) is 0 Å². The molecule has 1 aromatic rings. The molecule has 0 heterocycles. The molecule has 1 aliphatic rings. The Labute approximate surface area is 121 Å². The van der Waals surface area contributed by atoms with E-state index in [2.05, 4.69) is 18.4 Å². The standard InChI is InChI=1S/C16H26N2O2/c1-3-20-16(10-5-4-6-11-16)15(18-17)13-8-7-9-14(12-13)19-2/h7-9,12,15,18H,3-6,10-11,17H2,1-2H3. The van der Waals surface area contributed by atoms with Crippen molar-refractivity contribution in [3.8, 4) is 5.75 Å². The fraction of sp³-hybridized carbons (Fsp3) is 0.625. The van der Waals surface area contributed by atoms with Crippen LogP contribution in [-0.4, -0.2) is 19.3 Å². The summed E-state index contributed by atoms with van der Waals surface area (Å²) in [4.78, 5) is 0. The number of ether oxygens (including phenoxy) is 2. The Morgan fingerprint density at radius 2 is 2.05 bits per heavy atom. The first-order chi connectivity index (χ1) is 9.75. The maximum absolute atomic E-state index is 6.17. The van der Waals surface area contributed by atoms with Crippen LogP contribution in [0.4, 0.5) is 0 Å². The lowest BCUT2D eigenvalue weighted by atomic mass is 9.76. The van der Waals surface area contributed by atoms with E-state index in [0.717, 1.165) is 24.2 Å². The Morgan fingerprint density at radius 1 is 1.30 bits per heavy atom. The van der Waals surface area contributed by atoms with Crippen LogP contribution in [0.3, 0.4) is 0 Å². The third-order valence-electron chi connectivity index (χ3n) is 4.25. The SMILES string of the molecule is CCOC1(C(NN)c2cccc(OC)c2)CCCCC1. The first-order valence-corrected chi connectivity index (χ1v) is 7.50. The number of hydrogen-bond acceptors (Lipinski definition) is 4. The summed E-state index contributed by atoms with van der Waals surface area (Å²) >= 11 is 0. The van der Waals surface area contributed by atoms with Crippen LogP contribution in [0.2, 0.25) is 0 Å². The van der Waals surface area contributed by atoms with Crippen molar-refractivity contribution in [1.82, 2.24) is 5.43 Å². The minimum Gasteiger partial charge on any atom is -0.497 e. The van der Waals surface area contributed by atoms with Crippen LogP contribution in [-0.2, 0) is 4.74 Å². The average Bonchev–Trinajstić information content (AvgIpc) is 2.49. The molecular weight excluding hydrogens is 252 g/mol. The molecule has 0 aliphatic heterocycles. The van der Waals surface area contributed by atoms with Gasteiger partial charge in [0.15, 0.2) is 0 Å². The molecule has 1 aliphatic carbocycles. The molecule has 1 unspecified atom stereocenters. The number of hydrogen-bond donors (Lipinski definition) is 2. The Kier molecular flexibility index (Phi) is 5.40. The smallest absolute Gasteiger partial charge is 0.119 e. The molecule has 3 N–H and O–H groups in total. The third-order valence-corrected chi connectivity index (χ3v) is 4.25. The number of rotatable bonds is 6. The van der Waals surface area contributed by atoms with Gasteiger partial charge in [-0.15, -0.1) is 0 Å². The van der Waals surface area contributed by atoms with E-state index in [1.54, 1.807) is 7.11 Å². The molecule has 112 valence electrons. The normalized spacial score (nSPS) is 19.6. The fourth-order valence-electron chi connectivity index (χ4n) is 3.33. The summed E-state index contributed by atoms with van der Waals surface area (Å²) in [6.07, 6.45) is 5.77. The van der Waals surface area contributed by atoms with Gasteiger partial charge in [0.05, 0.1) is 18.8 Å². The van der Waals surface area contributed by atoms with Crippen LogP contribution in [0, 0.1) is 0 Å². The zero-order chi connectivity index (χ0) is 14.4. The van der Waals surface area contributed by atoms with Crippen molar-refractivity contribution in [3.63, 3.8) is 0 Å². The van der Waals surface area contributed by atoms with E-state index >= 15 is 0 Å². The number of benzene rings is 1. The lowest BCUT2D eigenvalue weighted by Gasteiger charge is -2.43. The van der Waals surface area contributed by atoms with Gasteiger partial charge in [-0.1, -0.05) is 31.4 Å². The van der Waals surface area contributed by atoms with E-state index in [1.165, 1.54) is 19.3 Å². The number of nitrogens with one attached hydrogen (secondary N) is 1. The summed E-state index contributed by atoms with van der Waals surface area (Å²) < 4.78 is 11.5. The van der Waals surface area contributed by atoms with Crippen molar-refractivity contribution < 1.29 is 9.47 Å². The van der Waals surface area contributed by atoms with Gasteiger partial charge in [0.1, 0.15) is 5.75 Å². The van der Waals surface area contributed by atoms with Crippen LogP contribution in [0.1, 0.15) is 50.6 Å².